The van der Waals surface area contributed by atoms with Crippen LogP contribution < -0.4 is 10.5 Å². The van der Waals surface area contributed by atoms with Crippen LogP contribution in [0.25, 0.3) is 0 Å². The summed E-state index contributed by atoms with van der Waals surface area (Å²) in [4.78, 5) is 4.29. The fourth-order valence-corrected chi connectivity index (χ4v) is 1.89. The van der Waals surface area contributed by atoms with Crippen LogP contribution in [0.1, 0.15) is 36.6 Å². The van der Waals surface area contributed by atoms with Gasteiger partial charge < -0.3 is 10.5 Å². The Morgan fingerprint density at radius 3 is 2.40 bits per heavy atom. The fourth-order valence-electron chi connectivity index (χ4n) is 1.89. The van der Waals surface area contributed by atoms with Gasteiger partial charge in [0.2, 0.25) is 5.88 Å². The van der Waals surface area contributed by atoms with Gasteiger partial charge in [0.15, 0.2) is 0 Å². The Balaban J connectivity index is 2.23. The predicted octanol–water partition coefficient (Wildman–Crippen LogP) is 3.59. The SMILES string of the molecule is Cc1cc(C(=N)N)cc(Oc2ccc(C(C)C)cc2)n1. The Hall–Kier alpha value is -2.36. The Labute approximate surface area is 119 Å². The number of hydrogen-bond acceptors (Lipinski definition) is 3. The lowest BCUT2D eigenvalue weighted by atomic mass is 10.0. The highest BCUT2D eigenvalue weighted by Crippen LogP contribution is 2.23. The molecule has 0 radical (unpaired) electrons. The van der Waals surface area contributed by atoms with Crippen molar-refractivity contribution in [2.24, 2.45) is 5.73 Å². The number of nitrogens with one attached hydrogen (secondary N) is 1. The van der Waals surface area contributed by atoms with Gasteiger partial charge in [0.1, 0.15) is 11.6 Å². The van der Waals surface area contributed by atoms with E-state index in [0.717, 1.165) is 11.4 Å². The van der Waals surface area contributed by atoms with E-state index < -0.39 is 0 Å². The largest absolute Gasteiger partial charge is 0.439 e. The number of aryl methyl sites for hydroxylation is 1. The maximum atomic E-state index is 7.48. The Morgan fingerprint density at radius 1 is 1.20 bits per heavy atom. The summed E-state index contributed by atoms with van der Waals surface area (Å²) in [5.41, 5.74) is 8.15. The Kier molecular flexibility index (Phi) is 4.03. The third kappa shape index (κ3) is 3.35. The van der Waals surface area contributed by atoms with Crippen LogP contribution in [0.5, 0.6) is 11.6 Å². The molecule has 104 valence electrons. The maximum Gasteiger partial charge on any atom is 0.220 e. The van der Waals surface area contributed by atoms with Crippen molar-refractivity contribution in [3.05, 3.63) is 53.2 Å². The molecule has 0 saturated carbocycles. The molecule has 1 aromatic heterocycles. The molecule has 3 N–H and O–H groups in total. The van der Waals surface area contributed by atoms with Gasteiger partial charge in [0, 0.05) is 17.3 Å². The molecule has 4 heteroatoms. The summed E-state index contributed by atoms with van der Waals surface area (Å²) in [6, 6.07) is 11.4. The molecule has 4 nitrogen and oxygen atoms in total. The number of rotatable bonds is 4. The molecular formula is C16H19N3O. The molecule has 1 heterocycles. The first-order valence-corrected chi connectivity index (χ1v) is 6.56. The number of aromatic nitrogens is 1. The smallest absolute Gasteiger partial charge is 0.220 e. The highest BCUT2D eigenvalue weighted by atomic mass is 16.5. The van der Waals surface area contributed by atoms with Crippen LogP contribution in [-0.2, 0) is 0 Å². The van der Waals surface area contributed by atoms with Gasteiger partial charge in [0.05, 0.1) is 0 Å². The molecule has 0 amide bonds. The molecule has 2 rings (SSSR count). The summed E-state index contributed by atoms with van der Waals surface area (Å²) >= 11 is 0. The van der Waals surface area contributed by atoms with Gasteiger partial charge in [-0.15, -0.1) is 0 Å². The number of pyridine rings is 1. The summed E-state index contributed by atoms with van der Waals surface area (Å²) in [5.74, 6) is 1.68. The van der Waals surface area contributed by atoms with Crippen molar-refractivity contribution in [1.29, 1.82) is 5.41 Å². The molecule has 1 aromatic carbocycles. The maximum absolute atomic E-state index is 7.48. The molecule has 0 saturated heterocycles. The van der Waals surface area contributed by atoms with Crippen LogP contribution in [0.3, 0.4) is 0 Å². The topological polar surface area (TPSA) is 72.0 Å². The highest BCUT2D eigenvalue weighted by molar-refractivity contribution is 5.95. The van der Waals surface area contributed by atoms with Crippen LogP contribution in [0.4, 0.5) is 0 Å². The van der Waals surface area contributed by atoms with Crippen molar-refractivity contribution < 1.29 is 4.74 Å². The summed E-state index contributed by atoms with van der Waals surface area (Å²) in [6.07, 6.45) is 0. The van der Waals surface area contributed by atoms with E-state index in [1.165, 1.54) is 5.56 Å². The molecule has 0 fully saturated rings. The van der Waals surface area contributed by atoms with Crippen LogP contribution >= 0.6 is 0 Å². The van der Waals surface area contributed by atoms with Crippen molar-refractivity contribution in [3.8, 4) is 11.6 Å². The predicted molar refractivity (Wildman–Crippen MR) is 80.6 cm³/mol. The van der Waals surface area contributed by atoms with E-state index in [9.17, 15) is 0 Å². The molecule has 0 aliphatic rings. The second-order valence-electron chi connectivity index (χ2n) is 5.07. The van der Waals surface area contributed by atoms with Gasteiger partial charge >= 0.3 is 0 Å². The lowest BCUT2D eigenvalue weighted by molar-refractivity contribution is 0.461. The number of amidine groups is 1. The van der Waals surface area contributed by atoms with Crippen molar-refractivity contribution in [2.75, 3.05) is 0 Å². The summed E-state index contributed by atoms with van der Waals surface area (Å²) in [6.45, 7) is 6.15. The number of nitrogens with zero attached hydrogens (tertiary/aromatic N) is 1. The average molecular weight is 269 g/mol. The van der Waals surface area contributed by atoms with E-state index in [1.54, 1.807) is 12.1 Å². The monoisotopic (exact) mass is 269 g/mol. The quantitative estimate of drug-likeness (QED) is 0.658. The molecule has 0 spiro atoms. The van der Waals surface area contributed by atoms with Crippen molar-refractivity contribution in [1.82, 2.24) is 4.98 Å². The molecule has 0 bridgehead atoms. The number of ether oxygens (including phenoxy) is 1. The van der Waals surface area contributed by atoms with Crippen molar-refractivity contribution >= 4 is 5.84 Å². The summed E-state index contributed by atoms with van der Waals surface area (Å²) < 4.78 is 5.72. The van der Waals surface area contributed by atoms with E-state index in [4.69, 9.17) is 15.9 Å². The minimum Gasteiger partial charge on any atom is -0.439 e. The molecular weight excluding hydrogens is 250 g/mol. The van der Waals surface area contributed by atoms with E-state index in [2.05, 4.69) is 18.8 Å². The summed E-state index contributed by atoms with van der Waals surface area (Å²) in [7, 11) is 0. The lowest BCUT2D eigenvalue weighted by Crippen LogP contribution is -2.11. The Morgan fingerprint density at radius 2 is 1.85 bits per heavy atom. The average Bonchev–Trinajstić information content (AvgIpc) is 2.38. The van der Waals surface area contributed by atoms with Gasteiger partial charge in [-0.25, -0.2) is 4.98 Å². The highest BCUT2D eigenvalue weighted by Gasteiger charge is 2.05. The Bertz CT molecular complexity index is 618. The molecule has 0 atom stereocenters. The zero-order valence-corrected chi connectivity index (χ0v) is 12.0. The van der Waals surface area contributed by atoms with Crippen molar-refractivity contribution in [2.45, 2.75) is 26.7 Å². The standard InChI is InChI=1S/C16H19N3O/c1-10(2)12-4-6-14(7-5-12)20-15-9-13(16(17)18)8-11(3)19-15/h4-10H,1-3H3,(H3,17,18). The third-order valence-electron chi connectivity index (χ3n) is 3.01. The first-order valence-electron chi connectivity index (χ1n) is 6.56. The normalized spacial score (nSPS) is 10.6. The van der Waals surface area contributed by atoms with E-state index in [0.29, 0.717) is 17.4 Å². The van der Waals surface area contributed by atoms with Gasteiger partial charge in [-0.2, -0.15) is 0 Å². The minimum atomic E-state index is 0.00973. The van der Waals surface area contributed by atoms with Gasteiger partial charge in [-0.3, -0.25) is 5.41 Å². The minimum absolute atomic E-state index is 0.00973. The number of benzene rings is 1. The van der Waals surface area contributed by atoms with E-state index in [-0.39, 0.29) is 5.84 Å². The van der Waals surface area contributed by atoms with Gasteiger partial charge in [-0.05, 0) is 36.6 Å². The van der Waals surface area contributed by atoms with Crippen LogP contribution in [0.15, 0.2) is 36.4 Å². The van der Waals surface area contributed by atoms with Gasteiger partial charge in [-0.1, -0.05) is 26.0 Å². The second-order valence-corrected chi connectivity index (χ2v) is 5.07. The fraction of sp³-hybridized carbons (Fsp3) is 0.250. The molecule has 0 unspecified atom stereocenters. The lowest BCUT2D eigenvalue weighted by Gasteiger charge is -2.09. The van der Waals surface area contributed by atoms with E-state index in [1.807, 2.05) is 31.2 Å². The number of nitrogen functional groups attached to an aromatic ring is 1. The van der Waals surface area contributed by atoms with Crippen LogP contribution in [-0.4, -0.2) is 10.8 Å². The molecule has 0 aliphatic carbocycles. The van der Waals surface area contributed by atoms with Gasteiger partial charge in [0.25, 0.3) is 0 Å². The zero-order valence-electron chi connectivity index (χ0n) is 12.0. The zero-order chi connectivity index (χ0) is 14.7. The molecule has 2 aromatic rings. The number of hydrogen-bond donors (Lipinski definition) is 2. The molecule has 20 heavy (non-hydrogen) atoms. The third-order valence-corrected chi connectivity index (χ3v) is 3.01. The van der Waals surface area contributed by atoms with E-state index >= 15 is 0 Å². The second kappa shape index (κ2) is 5.74. The first kappa shape index (κ1) is 14.1. The number of nitrogens with two attached hydrogens (primary N) is 1. The van der Waals surface area contributed by atoms with Crippen LogP contribution in [0, 0.1) is 12.3 Å². The summed E-state index contributed by atoms with van der Waals surface area (Å²) in [5, 5.41) is 7.48. The van der Waals surface area contributed by atoms with Crippen LogP contribution in [0.2, 0.25) is 0 Å². The molecule has 0 aliphatic heterocycles. The van der Waals surface area contributed by atoms with Crippen molar-refractivity contribution in [3.63, 3.8) is 0 Å². The first-order chi connectivity index (χ1) is 9.45.